The molecule has 0 bridgehead atoms. The van der Waals surface area contributed by atoms with Crippen LogP contribution in [0, 0.1) is 0 Å². The molecule has 1 heterocycles. The Hall–Kier alpha value is -1.82. The molecule has 1 fully saturated rings. The topological polar surface area (TPSA) is 38.8 Å². The molecule has 0 atom stereocenters. The summed E-state index contributed by atoms with van der Waals surface area (Å²) in [6.45, 7) is 7.94. The number of hydrogen-bond donors (Lipinski definition) is 0. The average Bonchev–Trinajstić information content (AvgIpc) is 2.82. The van der Waals surface area contributed by atoms with Gasteiger partial charge in [-0.25, -0.2) is 0 Å². The normalized spacial score (nSPS) is 18.0. The van der Waals surface area contributed by atoms with E-state index in [2.05, 4.69) is 0 Å². The zero-order chi connectivity index (χ0) is 19.1. The van der Waals surface area contributed by atoms with E-state index in [4.69, 9.17) is 20.9 Å². The first-order valence-electron chi connectivity index (χ1n) is 8.60. The number of anilines is 1. The molecule has 136 valence electrons. The van der Waals surface area contributed by atoms with Crippen LogP contribution in [0.25, 0.3) is 0 Å². The molecule has 1 amide bonds. The van der Waals surface area contributed by atoms with Gasteiger partial charge in [0.15, 0.2) is 0 Å². The van der Waals surface area contributed by atoms with Gasteiger partial charge in [0.25, 0.3) is 5.91 Å². The molecule has 0 aromatic heterocycles. The number of carbonyl (C=O) groups is 1. The van der Waals surface area contributed by atoms with Crippen LogP contribution in [0.3, 0.4) is 0 Å². The van der Waals surface area contributed by atoms with Crippen LogP contribution in [0.15, 0.2) is 48.5 Å². The Morgan fingerprint density at radius 2 is 1.58 bits per heavy atom. The largest absolute Gasteiger partial charge is 0.496 e. The van der Waals surface area contributed by atoms with Crippen molar-refractivity contribution in [3.05, 3.63) is 59.1 Å². The van der Waals surface area contributed by atoms with Gasteiger partial charge in [-0.3, -0.25) is 4.79 Å². The summed E-state index contributed by atoms with van der Waals surface area (Å²) in [4.78, 5) is 14.5. The lowest BCUT2D eigenvalue weighted by Gasteiger charge is -2.32. The fourth-order valence-electron chi connectivity index (χ4n) is 2.79. The number of benzene rings is 2. The summed E-state index contributed by atoms with van der Waals surface area (Å²) in [7, 11) is 1.14. The Labute approximate surface area is 160 Å². The molecule has 3 rings (SSSR count). The minimum Gasteiger partial charge on any atom is -0.399 e. The molecule has 2 aromatic carbocycles. The molecule has 1 aliphatic heterocycles. The quantitative estimate of drug-likeness (QED) is 0.768. The number of carbonyl (C=O) groups excluding carboxylic acids is 1. The smallest absolute Gasteiger partial charge is 0.399 e. The van der Waals surface area contributed by atoms with Crippen LogP contribution in [0.4, 0.5) is 5.69 Å². The van der Waals surface area contributed by atoms with Crippen LogP contribution in [0.1, 0.15) is 38.1 Å². The van der Waals surface area contributed by atoms with E-state index in [0.29, 0.717) is 16.0 Å². The zero-order valence-electron chi connectivity index (χ0n) is 15.7. The van der Waals surface area contributed by atoms with Gasteiger partial charge in [-0.1, -0.05) is 29.8 Å². The summed E-state index contributed by atoms with van der Waals surface area (Å²) in [6, 6.07) is 14.7. The van der Waals surface area contributed by atoms with Crippen molar-refractivity contribution in [3.8, 4) is 0 Å². The molecular weight excluding hydrogens is 348 g/mol. The molecule has 0 saturated carbocycles. The van der Waals surface area contributed by atoms with Crippen molar-refractivity contribution >= 4 is 35.8 Å². The molecule has 2 aromatic rings. The fourth-order valence-corrected chi connectivity index (χ4v) is 3.00. The lowest BCUT2D eigenvalue weighted by atomic mass is 9.78. The van der Waals surface area contributed by atoms with Crippen LogP contribution < -0.4 is 10.4 Å². The van der Waals surface area contributed by atoms with Gasteiger partial charge >= 0.3 is 7.12 Å². The minimum absolute atomic E-state index is 0.120. The van der Waals surface area contributed by atoms with Gasteiger partial charge < -0.3 is 14.2 Å². The van der Waals surface area contributed by atoms with Crippen LogP contribution in [-0.2, 0) is 9.31 Å². The van der Waals surface area contributed by atoms with E-state index in [1.165, 1.54) is 0 Å². The molecule has 0 unspecified atom stereocenters. The molecule has 1 saturated heterocycles. The lowest BCUT2D eigenvalue weighted by Crippen LogP contribution is -2.41. The third kappa shape index (κ3) is 3.39. The second-order valence-electron chi connectivity index (χ2n) is 7.52. The maximum absolute atomic E-state index is 12.9. The SMILES string of the molecule is CN(C(=O)c1ccc(Cl)c(B2OC(C)(C)C(C)(C)O2)c1)c1ccccc1. The van der Waals surface area contributed by atoms with Crippen LogP contribution in [-0.4, -0.2) is 31.3 Å². The van der Waals surface area contributed by atoms with Crippen LogP contribution in [0.5, 0.6) is 0 Å². The number of halogens is 1. The van der Waals surface area contributed by atoms with Gasteiger partial charge in [0.2, 0.25) is 0 Å². The summed E-state index contributed by atoms with van der Waals surface area (Å²) >= 11 is 6.38. The van der Waals surface area contributed by atoms with Crippen molar-refractivity contribution in [3.63, 3.8) is 0 Å². The Balaban J connectivity index is 1.90. The Morgan fingerprint density at radius 1 is 1.00 bits per heavy atom. The lowest BCUT2D eigenvalue weighted by molar-refractivity contribution is 0.00578. The second kappa shape index (κ2) is 6.73. The standard InChI is InChI=1S/C20H23BClNO3/c1-19(2)20(3,4)26-21(25-19)16-13-14(11-12-17(16)22)18(24)23(5)15-9-7-6-8-10-15/h6-13H,1-5H3. The number of rotatable bonds is 3. The van der Waals surface area contributed by atoms with E-state index in [0.717, 1.165) is 5.69 Å². The van der Waals surface area contributed by atoms with Gasteiger partial charge in [-0.2, -0.15) is 0 Å². The van der Waals surface area contributed by atoms with E-state index >= 15 is 0 Å². The molecule has 0 radical (unpaired) electrons. The molecule has 4 nitrogen and oxygen atoms in total. The van der Waals surface area contributed by atoms with Crippen molar-refractivity contribution in [1.29, 1.82) is 0 Å². The third-order valence-corrected chi connectivity index (χ3v) is 5.54. The molecule has 1 aliphatic rings. The summed E-state index contributed by atoms with van der Waals surface area (Å²) in [5.74, 6) is -0.120. The minimum atomic E-state index is -0.609. The summed E-state index contributed by atoms with van der Waals surface area (Å²) in [6.07, 6.45) is 0. The second-order valence-corrected chi connectivity index (χ2v) is 7.93. The Morgan fingerprint density at radius 3 is 2.15 bits per heavy atom. The number of hydrogen-bond acceptors (Lipinski definition) is 3. The predicted octanol–water partition coefficient (Wildman–Crippen LogP) is 3.92. The monoisotopic (exact) mass is 371 g/mol. The molecule has 6 heteroatoms. The van der Waals surface area contributed by atoms with Gasteiger partial charge in [0.1, 0.15) is 0 Å². The average molecular weight is 372 g/mol. The summed E-state index contributed by atoms with van der Waals surface area (Å²) in [5, 5.41) is 0.516. The van der Waals surface area contributed by atoms with E-state index in [1.807, 2.05) is 58.0 Å². The highest BCUT2D eigenvalue weighted by Crippen LogP contribution is 2.37. The highest BCUT2D eigenvalue weighted by atomic mass is 35.5. The number of para-hydroxylation sites is 1. The molecule has 0 spiro atoms. The van der Waals surface area contributed by atoms with Gasteiger partial charge in [0.05, 0.1) is 11.2 Å². The van der Waals surface area contributed by atoms with Crippen molar-refractivity contribution < 1.29 is 14.1 Å². The van der Waals surface area contributed by atoms with Gasteiger partial charge in [-0.15, -0.1) is 0 Å². The van der Waals surface area contributed by atoms with E-state index in [1.54, 1.807) is 30.1 Å². The first kappa shape index (κ1) is 19.0. The molecular formula is C20H23BClNO3. The first-order chi connectivity index (χ1) is 12.1. The molecule has 0 N–H and O–H groups in total. The summed E-state index contributed by atoms with van der Waals surface area (Å²) in [5.41, 5.74) is 1.08. The fraction of sp³-hybridized carbons (Fsp3) is 0.350. The highest BCUT2D eigenvalue weighted by molar-refractivity contribution is 6.65. The van der Waals surface area contributed by atoms with E-state index < -0.39 is 18.3 Å². The summed E-state index contributed by atoms with van der Waals surface area (Å²) < 4.78 is 12.2. The first-order valence-corrected chi connectivity index (χ1v) is 8.98. The number of nitrogens with zero attached hydrogens (tertiary/aromatic N) is 1. The van der Waals surface area contributed by atoms with E-state index in [-0.39, 0.29) is 5.91 Å². The van der Waals surface area contributed by atoms with Gasteiger partial charge in [-0.05, 0) is 58.0 Å². The maximum Gasteiger partial charge on any atom is 0.496 e. The highest BCUT2D eigenvalue weighted by Gasteiger charge is 2.52. The zero-order valence-corrected chi connectivity index (χ0v) is 16.5. The molecule has 0 aliphatic carbocycles. The third-order valence-electron chi connectivity index (χ3n) is 5.20. The van der Waals surface area contributed by atoms with Crippen molar-refractivity contribution in [1.82, 2.24) is 0 Å². The maximum atomic E-state index is 12.9. The molecule has 26 heavy (non-hydrogen) atoms. The van der Waals surface area contributed by atoms with Crippen molar-refractivity contribution in [2.75, 3.05) is 11.9 Å². The van der Waals surface area contributed by atoms with Crippen LogP contribution in [0.2, 0.25) is 5.02 Å². The van der Waals surface area contributed by atoms with Crippen LogP contribution >= 0.6 is 11.6 Å². The van der Waals surface area contributed by atoms with E-state index in [9.17, 15) is 4.79 Å². The van der Waals surface area contributed by atoms with Crippen molar-refractivity contribution in [2.24, 2.45) is 0 Å². The number of amides is 1. The Kier molecular flexibility index (Phi) is 4.91. The Bertz CT molecular complexity index is 807. The van der Waals surface area contributed by atoms with Gasteiger partial charge in [0, 0.05) is 28.8 Å². The van der Waals surface area contributed by atoms with Crippen molar-refractivity contribution in [2.45, 2.75) is 38.9 Å². The predicted molar refractivity (Wildman–Crippen MR) is 106 cm³/mol.